The van der Waals surface area contributed by atoms with Crippen molar-refractivity contribution < 1.29 is 4.79 Å². The number of benzene rings is 1. The maximum atomic E-state index is 12.0. The number of aromatic nitrogens is 1. The van der Waals surface area contributed by atoms with Gasteiger partial charge in [0, 0.05) is 5.69 Å². The molecule has 2 rings (SSSR count). The molecule has 0 unspecified atom stereocenters. The van der Waals surface area contributed by atoms with Gasteiger partial charge < -0.3 is 10.6 Å². The van der Waals surface area contributed by atoms with E-state index >= 15 is 0 Å². The molecular formula is C16H20N4OS. The zero-order chi connectivity index (χ0) is 16.3. The van der Waals surface area contributed by atoms with E-state index in [0.29, 0.717) is 0 Å². The molecule has 0 fully saturated rings. The fourth-order valence-electron chi connectivity index (χ4n) is 1.97. The first-order valence-corrected chi connectivity index (χ1v) is 7.99. The van der Waals surface area contributed by atoms with Gasteiger partial charge in [0.15, 0.2) is 0 Å². The quantitative estimate of drug-likeness (QED) is 0.888. The first-order chi connectivity index (χ1) is 10.3. The van der Waals surface area contributed by atoms with Crippen molar-refractivity contribution in [3.05, 3.63) is 23.2 Å². The van der Waals surface area contributed by atoms with Crippen LogP contribution in [-0.4, -0.2) is 23.0 Å². The highest BCUT2D eigenvalue weighted by atomic mass is 32.1. The minimum absolute atomic E-state index is 0.0398. The van der Waals surface area contributed by atoms with Gasteiger partial charge in [-0.15, -0.1) is 11.3 Å². The summed E-state index contributed by atoms with van der Waals surface area (Å²) in [5.41, 5.74) is 0.987. The van der Waals surface area contributed by atoms with E-state index in [9.17, 15) is 10.1 Å². The molecule has 0 aliphatic rings. The Morgan fingerprint density at radius 2 is 2.23 bits per heavy atom. The standard InChI is InChI=1S/C16H20N4OS/c1-10(2)16(4,9-17)20-15(21)8-18-12-5-6-13-14(7-12)22-11(3)19-13/h5-7,10,18H,8H2,1-4H3,(H,20,21)/t16-/m1/s1. The number of carbonyl (C=O) groups excluding carboxylic acids is 1. The number of nitriles is 1. The Kier molecular flexibility index (Phi) is 4.67. The number of rotatable bonds is 5. The van der Waals surface area contributed by atoms with Gasteiger partial charge in [-0.2, -0.15) is 5.26 Å². The van der Waals surface area contributed by atoms with Crippen molar-refractivity contribution in [1.82, 2.24) is 10.3 Å². The number of hydrogen-bond donors (Lipinski definition) is 2. The topological polar surface area (TPSA) is 77.8 Å². The van der Waals surface area contributed by atoms with Crippen LogP contribution in [0.15, 0.2) is 18.2 Å². The molecule has 116 valence electrons. The van der Waals surface area contributed by atoms with Crippen molar-refractivity contribution in [2.24, 2.45) is 5.92 Å². The van der Waals surface area contributed by atoms with Crippen LogP contribution in [0, 0.1) is 24.2 Å². The van der Waals surface area contributed by atoms with Crippen LogP contribution in [0.4, 0.5) is 5.69 Å². The van der Waals surface area contributed by atoms with Gasteiger partial charge in [0.25, 0.3) is 0 Å². The van der Waals surface area contributed by atoms with Crippen molar-refractivity contribution in [2.45, 2.75) is 33.2 Å². The van der Waals surface area contributed by atoms with Crippen LogP contribution in [0.25, 0.3) is 10.2 Å². The maximum Gasteiger partial charge on any atom is 0.240 e. The van der Waals surface area contributed by atoms with Crippen molar-refractivity contribution in [2.75, 3.05) is 11.9 Å². The van der Waals surface area contributed by atoms with Gasteiger partial charge in [-0.05, 0) is 38.0 Å². The molecule has 1 aromatic carbocycles. The number of thiazole rings is 1. The number of fused-ring (bicyclic) bond motifs is 1. The number of nitrogens with one attached hydrogen (secondary N) is 2. The van der Waals surface area contributed by atoms with Crippen LogP contribution in [0.3, 0.4) is 0 Å². The molecule has 0 aliphatic heterocycles. The average Bonchev–Trinajstić information content (AvgIpc) is 2.84. The number of carbonyl (C=O) groups is 1. The first kappa shape index (κ1) is 16.2. The summed E-state index contributed by atoms with van der Waals surface area (Å²) in [4.78, 5) is 16.4. The van der Waals surface area contributed by atoms with E-state index in [2.05, 4.69) is 21.7 Å². The van der Waals surface area contributed by atoms with Crippen molar-refractivity contribution in [1.29, 1.82) is 5.26 Å². The number of nitrogens with zero attached hydrogens (tertiary/aromatic N) is 2. The van der Waals surface area contributed by atoms with E-state index in [1.54, 1.807) is 18.3 Å². The second-order valence-electron chi connectivity index (χ2n) is 5.79. The zero-order valence-electron chi connectivity index (χ0n) is 13.2. The van der Waals surface area contributed by atoms with Crippen LogP contribution in [0.1, 0.15) is 25.8 Å². The maximum absolute atomic E-state index is 12.0. The van der Waals surface area contributed by atoms with Crippen LogP contribution in [0.2, 0.25) is 0 Å². The van der Waals surface area contributed by atoms with E-state index in [0.717, 1.165) is 20.9 Å². The zero-order valence-corrected chi connectivity index (χ0v) is 14.0. The number of anilines is 1. The highest BCUT2D eigenvalue weighted by molar-refractivity contribution is 7.18. The summed E-state index contributed by atoms with van der Waals surface area (Å²) in [7, 11) is 0. The Morgan fingerprint density at radius 3 is 2.86 bits per heavy atom. The third-order valence-corrected chi connectivity index (χ3v) is 4.67. The highest BCUT2D eigenvalue weighted by Gasteiger charge is 2.29. The van der Waals surface area contributed by atoms with E-state index < -0.39 is 5.54 Å². The predicted octanol–water partition coefficient (Wildman–Crippen LogP) is 3.07. The van der Waals surface area contributed by atoms with Gasteiger partial charge >= 0.3 is 0 Å². The van der Waals surface area contributed by atoms with Crippen molar-refractivity contribution >= 4 is 33.1 Å². The molecule has 1 heterocycles. The van der Waals surface area contributed by atoms with Crippen LogP contribution in [-0.2, 0) is 4.79 Å². The first-order valence-electron chi connectivity index (χ1n) is 7.17. The average molecular weight is 316 g/mol. The lowest BCUT2D eigenvalue weighted by atomic mass is 9.90. The molecule has 0 saturated heterocycles. The highest BCUT2D eigenvalue weighted by Crippen LogP contribution is 2.24. The Hall–Kier alpha value is -2.13. The third-order valence-electron chi connectivity index (χ3n) is 3.73. The molecule has 2 aromatic rings. The fourth-order valence-corrected chi connectivity index (χ4v) is 2.83. The van der Waals surface area contributed by atoms with E-state index in [1.807, 2.05) is 39.0 Å². The van der Waals surface area contributed by atoms with Crippen LogP contribution < -0.4 is 10.6 Å². The number of hydrogen-bond acceptors (Lipinski definition) is 5. The van der Waals surface area contributed by atoms with Gasteiger partial charge in [-0.25, -0.2) is 4.98 Å². The molecule has 22 heavy (non-hydrogen) atoms. The Balaban J connectivity index is 1.99. The number of amides is 1. The lowest BCUT2D eigenvalue weighted by molar-refractivity contribution is -0.121. The normalized spacial score (nSPS) is 13.6. The predicted molar refractivity (Wildman–Crippen MR) is 89.8 cm³/mol. The minimum atomic E-state index is -0.850. The summed E-state index contributed by atoms with van der Waals surface area (Å²) >= 11 is 1.62. The summed E-state index contributed by atoms with van der Waals surface area (Å²) in [6.45, 7) is 7.67. The van der Waals surface area contributed by atoms with Gasteiger partial charge in [0.1, 0.15) is 5.54 Å². The summed E-state index contributed by atoms with van der Waals surface area (Å²) in [5, 5.41) is 16.1. The molecule has 2 N–H and O–H groups in total. The Bertz CT molecular complexity index is 731. The third kappa shape index (κ3) is 3.55. The Labute approximate surface area is 134 Å². The summed E-state index contributed by atoms with van der Waals surface area (Å²) < 4.78 is 1.09. The van der Waals surface area contributed by atoms with E-state index in [1.165, 1.54) is 0 Å². The molecule has 5 nitrogen and oxygen atoms in total. The summed E-state index contributed by atoms with van der Waals surface area (Å²) in [6, 6.07) is 7.99. The molecule has 0 radical (unpaired) electrons. The van der Waals surface area contributed by atoms with E-state index in [4.69, 9.17) is 0 Å². The van der Waals surface area contributed by atoms with Crippen LogP contribution in [0.5, 0.6) is 0 Å². The molecule has 1 amide bonds. The number of aryl methyl sites for hydroxylation is 1. The molecular weight excluding hydrogens is 296 g/mol. The Morgan fingerprint density at radius 1 is 1.50 bits per heavy atom. The smallest absolute Gasteiger partial charge is 0.240 e. The molecule has 0 spiro atoms. The molecule has 0 aliphatic carbocycles. The molecule has 1 aromatic heterocycles. The fraction of sp³-hybridized carbons (Fsp3) is 0.438. The van der Waals surface area contributed by atoms with Gasteiger partial charge in [0.2, 0.25) is 5.91 Å². The monoisotopic (exact) mass is 316 g/mol. The van der Waals surface area contributed by atoms with Gasteiger partial charge in [-0.1, -0.05) is 13.8 Å². The summed E-state index contributed by atoms with van der Waals surface area (Å²) in [5.74, 6) is -0.156. The van der Waals surface area contributed by atoms with Crippen molar-refractivity contribution in [3.8, 4) is 6.07 Å². The summed E-state index contributed by atoms with van der Waals surface area (Å²) in [6.07, 6.45) is 0. The minimum Gasteiger partial charge on any atom is -0.376 e. The lowest BCUT2D eigenvalue weighted by Crippen LogP contribution is -2.50. The van der Waals surface area contributed by atoms with Crippen molar-refractivity contribution in [3.63, 3.8) is 0 Å². The largest absolute Gasteiger partial charge is 0.376 e. The second kappa shape index (κ2) is 6.32. The molecule has 1 atom stereocenters. The SMILES string of the molecule is Cc1nc2ccc(NCC(=O)N[C@](C)(C#N)C(C)C)cc2s1. The second-order valence-corrected chi connectivity index (χ2v) is 7.02. The lowest BCUT2D eigenvalue weighted by Gasteiger charge is -2.27. The molecule has 0 bridgehead atoms. The van der Waals surface area contributed by atoms with Gasteiger partial charge in [-0.3, -0.25) is 4.79 Å². The molecule has 6 heteroatoms. The van der Waals surface area contributed by atoms with Gasteiger partial charge in [0.05, 0.1) is 27.8 Å². The van der Waals surface area contributed by atoms with Crippen LogP contribution >= 0.6 is 11.3 Å². The molecule has 0 saturated carbocycles. The van der Waals surface area contributed by atoms with E-state index in [-0.39, 0.29) is 18.4 Å².